The van der Waals surface area contributed by atoms with Gasteiger partial charge >= 0.3 is 0 Å². The van der Waals surface area contributed by atoms with Crippen LogP contribution in [-0.4, -0.2) is 16.8 Å². The summed E-state index contributed by atoms with van der Waals surface area (Å²) in [6.45, 7) is 4.54. The van der Waals surface area contributed by atoms with Crippen molar-refractivity contribution in [3.8, 4) is 17.2 Å². The molecule has 1 aromatic rings. The number of aromatic hydroxyl groups is 2. The Morgan fingerprint density at radius 3 is 2.53 bits per heavy atom. The normalized spacial score (nSPS) is 10.3. The van der Waals surface area contributed by atoms with E-state index in [1.54, 1.807) is 6.07 Å². The third kappa shape index (κ3) is 2.78. The van der Waals surface area contributed by atoms with Gasteiger partial charge in [-0.2, -0.15) is 0 Å². The van der Waals surface area contributed by atoms with Crippen LogP contribution in [0.15, 0.2) is 12.1 Å². The maximum atomic E-state index is 9.70. The molecular weight excluding hydrogens is 192 g/mol. The van der Waals surface area contributed by atoms with Crippen molar-refractivity contribution in [2.75, 3.05) is 6.61 Å². The van der Waals surface area contributed by atoms with Crippen LogP contribution in [0.4, 0.5) is 0 Å². The van der Waals surface area contributed by atoms with Gasteiger partial charge in [-0.15, -0.1) is 0 Å². The quantitative estimate of drug-likeness (QED) is 0.735. The molecular formula is C12H18O3. The zero-order valence-electron chi connectivity index (χ0n) is 9.29. The first kappa shape index (κ1) is 11.7. The van der Waals surface area contributed by atoms with Crippen molar-refractivity contribution in [2.24, 2.45) is 0 Å². The Morgan fingerprint density at radius 2 is 1.93 bits per heavy atom. The minimum Gasteiger partial charge on any atom is -0.504 e. The van der Waals surface area contributed by atoms with Crippen molar-refractivity contribution in [1.82, 2.24) is 0 Å². The van der Waals surface area contributed by atoms with Crippen LogP contribution < -0.4 is 4.74 Å². The molecule has 0 unspecified atom stereocenters. The van der Waals surface area contributed by atoms with Crippen molar-refractivity contribution in [2.45, 2.75) is 33.1 Å². The number of phenolic OH excluding ortho intramolecular Hbond substituents is 2. The van der Waals surface area contributed by atoms with Gasteiger partial charge in [-0.1, -0.05) is 13.3 Å². The van der Waals surface area contributed by atoms with Crippen molar-refractivity contribution in [3.63, 3.8) is 0 Å². The molecule has 0 aliphatic rings. The third-order valence-corrected chi connectivity index (χ3v) is 2.30. The van der Waals surface area contributed by atoms with Gasteiger partial charge in [0, 0.05) is 5.56 Å². The Kier molecular flexibility index (Phi) is 4.28. The fourth-order valence-corrected chi connectivity index (χ4v) is 1.49. The SMILES string of the molecule is CCCCc1c(OCC)ccc(O)c1O. The molecule has 3 heteroatoms. The summed E-state index contributed by atoms with van der Waals surface area (Å²) in [5, 5.41) is 19.1. The highest BCUT2D eigenvalue weighted by molar-refractivity contribution is 5.52. The van der Waals surface area contributed by atoms with Gasteiger partial charge in [0.05, 0.1) is 6.61 Å². The summed E-state index contributed by atoms with van der Waals surface area (Å²) in [7, 11) is 0. The summed E-state index contributed by atoms with van der Waals surface area (Å²) in [5.74, 6) is 0.542. The molecule has 84 valence electrons. The van der Waals surface area contributed by atoms with Gasteiger partial charge in [0.1, 0.15) is 5.75 Å². The van der Waals surface area contributed by atoms with E-state index in [1.807, 2.05) is 6.92 Å². The van der Waals surface area contributed by atoms with Gasteiger partial charge in [-0.05, 0) is 31.9 Å². The van der Waals surface area contributed by atoms with Gasteiger partial charge in [0.2, 0.25) is 0 Å². The van der Waals surface area contributed by atoms with E-state index in [0.29, 0.717) is 17.9 Å². The Labute approximate surface area is 90.3 Å². The van der Waals surface area contributed by atoms with Gasteiger partial charge in [0.25, 0.3) is 0 Å². The maximum Gasteiger partial charge on any atom is 0.164 e. The molecule has 0 saturated heterocycles. The van der Waals surface area contributed by atoms with E-state index < -0.39 is 0 Å². The van der Waals surface area contributed by atoms with E-state index >= 15 is 0 Å². The molecule has 0 amide bonds. The summed E-state index contributed by atoms with van der Waals surface area (Å²) < 4.78 is 5.40. The average Bonchev–Trinajstić information content (AvgIpc) is 2.23. The monoisotopic (exact) mass is 210 g/mol. The number of benzene rings is 1. The topological polar surface area (TPSA) is 49.7 Å². The van der Waals surface area contributed by atoms with Crippen LogP contribution in [0.25, 0.3) is 0 Å². The lowest BCUT2D eigenvalue weighted by Gasteiger charge is -2.12. The highest BCUT2D eigenvalue weighted by Crippen LogP contribution is 2.36. The highest BCUT2D eigenvalue weighted by Gasteiger charge is 2.12. The highest BCUT2D eigenvalue weighted by atomic mass is 16.5. The second-order valence-electron chi connectivity index (χ2n) is 3.45. The standard InChI is InChI=1S/C12H18O3/c1-3-5-6-9-11(15-4-2)8-7-10(13)12(9)14/h7-8,13-14H,3-6H2,1-2H3. The van der Waals surface area contributed by atoms with Gasteiger partial charge < -0.3 is 14.9 Å². The van der Waals surface area contributed by atoms with Gasteiger partial charge in [-0.3, -0.25) is 0 Å². The second-order valence-corrected chi connectivity index (χ2v) is 3.45. The maximum absolute atomic E-state index is 9.70. The number of unbranched alkanes of at least 4 members (excludes halogenated alkanes) is 1. The minimum atomic E-state index is -0.0791. The summed E-state index contributed by atoms with van der Waals surface area (Å²) in [6, 6.07) is 3.15. The van der Waals surface area contributed by atoms with Gasteiger partial charge in [0.15, 0.2) is 11.5 Å². The Balaban J connectivity index is 2.99. The minimum absolute atomic E-state index is 0.0469. The predicted molar refractivity (Wildman–Crippen MR) is 59.6 cm³/mol. The summed E-state index contributed by atoms with van der Waals surface area (Å²) in [5.41, 5.74) is 0.707. The first-order valence-corrected chi connectivity index (χ1v) is 5.37. The lowest BCUT2D eigenvalue weighted by Crippen LogP contribution is -1.97. The largest absolute Gasteiger partial charge is 0.504 e. The van der Waals surface area contributed by atoms with Crippen molar-refractivity contribution >= 4 is 0 Å². The molecule has 0 aliphatic carbocycles. The second kappa shape index (κ2) is 5.49. The van der Waals surface area contributed by atoms with E-state index in [4.69, 9.17) is 4.74 Å². The molecule has 0 spiro atoms. The van der Waals surface area contributed by atoms with Crippen LogP contribution >= 0.6 is 0 Å². The number of ether oxygens (including phenoxy) is 1. The zero-order chi connectivity index (χ0) is 11.3. The molecule has 0 fully saturated rings. The zero-order valence-corrected chi connectivity index (χ0v) is 9.29. The molecule has 2 N–H and O–H groups in total. The smallest absolute Gasteiger partial charge is 0.164 e. The van der Waals surface area contributed by atoms with Gasteiger partial charge in [-0.25, -0.2) is 0 Å². The molecule has 0 bridgehead atoms. The van der Waals surface area contributed by atoms with Crippen molar-refractivity contribution in [3.05, 3.63) is 17.7 Å². The first-order valence-electron chi connectivity index (χ1n) is 5.37. The van der Waals surface area contributed by atoms with E-state index in [-0.39, 0.29) is 11.5 Å². The van der Waals surface area contributed by atoms with Crippen LogP contribution in [0.5, 0.6) is 17.2 Å². The van der Waals surface area contributed by atoms with E-state index in [2.05, 4.69) is 6.92 Å². The van der Waals surface area contributed by atoms with Crippen molar-refractivity contribution < 1.29 is 14.9 Å². The molecule has 3 nitrogen and oxygen atoms in total. The molecule has 0 aliphatic heterocycles. The Bertz CT molecular complexity index is 321. The first-order chi connectivity index (χ1) is 7.20. The number of phenols is 2. The number of rotatable bonds is 5. The summed E-state index contributed by atoms with van der Waals surface area (Å²) >= 11 is 0. The Morgan fingerprint density at radius 1 is 1.20 bits per heavy atom. The molecule has 1 rings (SSSR count). The van der Waals surface area contributed by atoms with Crippen LogP contribution in [0.2, 0.25) is 0 Å². The molecule has 0 radical (unpaired) electrons. The summed E-state index contributed by atoms with van der Waals surface area (Å²) in [6.07, 6.45) is 2.74. The average molecular weight is 210 g/mol. The molecule has 0 saturated carbocycles. The van der Waals surface area contributed by atoms with Crippen LogP contribution in [0.3, 0.4) is 0 Å². The number of hydrogen-bond donors (Lipinski definition) is 2. The lowest BCUT2D eigenvalue weighted by atomic mass is 10.1. The predicted octanol–water partition coefficient (Wildman–Crippen LogP) is 2.84. The van der Waals surface area contributed by atoms with Crippen LogP contribution in [-0.2, 0) is 6.42 Å². The van der Waals surface area contributed by atoms with Crippen LogP contribution in [0.1, 0.15) is 32.3 Å². The van der Waals surface area contributed by atoms with Crippen LogP contribution in [0, 0.1) is 0 Å². The molecule has 1 aromatic carbocycles. The fourth-order valence-electron chi connectivity index (χ4n) is 1.49. The van der Waals surface area contributed by atoms with Crippen molar-refractivity contribution in [1.29, 1.82) is 0 Å². The molecule has 0 atom stereocenters. The third-order valence-electron chi connectivity index (χ3n) is 2.30. The van der Waals surface area contributed by atoms with E-state index in [0.717, 1.165) is 19.3 Å². The fraction of sp³-hybridized carbons (Fsp3) is 0.500. The molecule has 15 heavy (non-hydrogen) atoms. The molecule has 0 aromatic heterocycles. The molecule has 0 heterocycles. The summed E-state index contributed by atoms with van der Waals surface area (Å²) in [4.78, 5) is 0. The number of hydrogen-bond acceptors (Lipinski definition) is 3. The Hall–Kier alpha value is -1.38. The van der Waals surface area contributed by atoms with E-state index in [9.17, 15) is 10.2 Å². The lowest BCUT2D eigenvalue weighted by molar-refractivity contribution is 0.328. The van der Waals surface area contributed by atoms with E-state index in [1.165, 1.54) is 6.07 Å².